The number of halogens is 1. The molecule has 1 aliphatic rings. The zero-order valence-electron chi connectivity index (χ0n) is 16.5. The molecule has 0 spiro atoms. The minimum Gasteiger partial charge on any atom is -0.336 e. The molecule has 3 aromatic rings. The summed E-state index contributed by atoms with van der Waals surface area (Å²) in [5.41, 5.74) is 3.48. The van der Waals surface area contributed by atoms with E-state index < -0.39 is 0 Å². The van der Waals surface area contributed by atoms with Gasteiger partial charge in [0.1, 0.15) is 5.82 Å². The summed E-state index contributed by atoms with van der Waals surface area (Å²) in [6.45, 7) is 5.78. The highest BCUT2D eigenvalue weighted by Gasteiger charge is 2.22. The first-order valence-corrected chi connectivity index (χ1v) is 9.84. The monoisotopic (exact) mass is 393 g/mol. The molecular formula is C22H24FN5O. The summed E-state index contributed by atoms with van der Waals surface area (Å²) in [6.07, 6.45) is 2.58. The van der Waals surface area contributed by atoms with Crippen LogP contribution in [-0.2, 0) is 6.54 Å². The van der Waals surface area contributed by atoms with Gasteiger partial charge in [-0.25, -0.2) is 9.07 Å². The summed E-state index contributed by atoms with van der Waals surface area (Å²) < 4.78 is 14.7. The molecule has 0 unspecified atom stereocenters. The Labute approximate surface area is 169 Å². The number of hydrogen-bond acceptors (Lipinski definition) is 4. The van der Waals surface area contributed by atoms with Crippen molar-refractivity contribution in [1.82, 2.24) is 24.8 Å². The van der Waals surface area contributed by atoms with Gasteiger partial charge in [-0.2, -0.15) is 0 Å². The van der Waals surface area contributed by atoms with E-state index in [9.17, 15) is 9.18 Å². The second-order valence-corrected chi connectivity index (χ2v) is 7.43. The van der Waals surface area contributed by atoms with E-state index in [1.54, 1.807) is 10.9 Å². The predicted octanol–water partition coefficient (Wildman–Crippen LogP) is 3.06. The van der Waals surface area contributed by atoms with Crippen molar-refractivity contribution in [3.05, 3.63) is 77.4 Å². The van der Waals surface area contributed by atoms with Crippen LogP contribution in [0.1, 0.15) is 28.0 Å². The van der Waals surface area contributed by atoms with Crippen LogP contribution in [0.4, 0.5) is 4.39 Å². The van der Waals surface area contributed by atoms with Gasteiger partial charge < -0.3 is 4.90 Å². The normalized spacial score (nSPS) is 15.3. The highest BCUT2D eigenvalue weighted by Crippen LogP contribution is 2.13. The van der Waals surface area contributed by atoms with E-state index in [1.165, 1.54) is 17.7 Å². The molecule has 6 nitrogen and oxygen atoms in total. The van der Waals surface area contributed by atoms with E-state index in [1.807, 2.05) is 48.2 Å². The third-order valence-corrected chi connectivity index (χ3v) is 5.21. The van der Waals surface area contributed by atoms with Crippen molar-refractivity contribution in [3.8, 4) is 5.69 Å². The molecule has 0 aliphatic carbocycles. The van der Waals surface area contributed by atoms with Crippen molar-refractivity contribution in [2.45, 2.75) is 19.9 Å². The van der Waals surface area contributed by atoms with Crippen molar-refractivity contribution in [2.75, 3.05) is 26.2 Å². The predicted molar refractivity (Wildman–Crippen MR) is 108 cm³/mol. The Hall–Kier alpha value is -3.06. The van der Waals surface area contributed by atoms with Gasteiger partial charge in [0.05, 0.1) is 11.9 Å². The van der Waals surface area contributed by atoms with Gasteiger partial charge >= 0.3 is 0 Å². The average molecular weight is 393 g/mol. The van der Waals surface area contributed by atoms with Crippen molar-refractivity contribution in [2.24, 2.45) is 0 Å². The third-order valence-electron chi connectivity index (χ3n) is 5.21. The maximum absolute atomic E-state index is 13.1. The van der Waals surface area contributed by atoms with Crippen LogP contribution in [0, 0.1) is 12.7 Å². The molecule has 0 N–H and O–H groups in total. The van der Waals surface area contributed by atoms with E-state index in [-0.39, 0.29) is 11.7 Å². The Kier molecular flexibility index (Phi) is 5.67. The second-order valence-electron chi connectivity index (χ2n) is 7.43. The van der Waals surface area contributed by atoms with Crippen molar-refractivity contribution in [3.63, 3.8) is 0 Å². The molecule has 1 fully saturated rings. The van der Waals surface area contributed by atoms with Gasteiger partial charge in [0.15, 0.2) is 5.69 Å². The molecule has 7 heteroatoms. The number of rotatable bonds is 4. The van der Waals surface area contributed by atoms with E-state index in [4.69, 9.17) is 0 Å². The fraction of sp³-hybridized carbons (Fsp3) is 0.318. The number of aryl methyl sites for hydroxylation is 1. The number of nitrogens with zero attached hydrogens (tertiary/aromatic N) is 5. The molecule has 1 saturated heterocycles. The molecule has 2 heterocycles. The minimum atomic E-state index is -0.222. The smallest absolute Gasteiger partial charge is 0.276 e. The van der Waals surface area contributed by atoms with E-state index >= 15 is 0 Å². The topological polar surface area (TPSA) is 54.3 Å². The molecule has 1 aliphatic heterocycles. The van der Waals surface area contributed by atoms with E-state index in [0.717, 1.165) is 37.3 Å². The van der Waals surface area contributed by atoms with Gasteiger partial charge in [0.2, 0.25) is 0 Å². The van der Waals surface area contributed by atoms with Crippen LogP contribution in [0.15, 0.2) is 54.7 Å². The molecule has 1 aromatic heterocycles. The largest absolute Gasteiger partial charge is 0.336 e. The first kappa shape index (κ1) is 19.3. The number of benzene rings is 2. The van der Waals surface area contributed by atoms with Crippen LogP contribution in [0.3, 0.4) is 0 Å². The highest BCUT2D eigenvalue weighted by atomic mass is 19.1. The molecule has 4 rings (SSSR count). The first-order chi connectivity index (χ1) is 14.1. The Morgan fingerprint density at radius 3 is 2.52 bits per heavy atom. The SMILES string of the molecule is Cc1ccc(-n2cc(C(=O)N3CCCN(Cc4ccc(F)cc4)CC3)nn2)cc1. The van der Waals surface area contributed by atoms with E-state index in [0.29, 0.717) is 18.8 Å². The molecule has 0 radical (unpaired) electrons. The van der Waals surface area contributed by atoms with Crippen LogP contribution in [0.2, 0.25) is 0 Å². The van der Waals surface area contributed by atoms with Crippen molar-refractivity contribution >= 4 is 5.91 Å². The zero-order chi connectivity index (χ0) is 20.2. The lowest BCUT2D eigenvalue weighted by Gasteiger charge is -2.21. The molecule has 0 saturated carbocycles. The molecule has 29 heavy (non-hydrogen) atoms. The lowest BCUT2D eigenvalue weighted by Crippen LogP contribution is -2.35. The number of carbonyl (C=O) groups is 1. The van der Waals surface area contributed by atoms with Gasteiger partial charge in [-0.05, 0) is 43.2 Å². The standard InChI is InChI=1S/C22H24FN5O/c1-17-3-9-20(10-4-17)28-16-21(24-25-28)22(29)27-12-2-11-26(13-14-27)15-18-5-7-19(23)8-6-18/h3-10,16H,2,11-15H2,1H3. The van der Waals surface area contributed by atoms with Crippen LogP contribution < -0.4 is 0 Å². The zero-order valence-corrected chi connectivity index (χ0v) is 16.5. The van der Waals surface area contributed by atoms with Gasteiger partial charge in [0.25, 0.3) is 5.91 Å². The summed E-state index contributed by atoms with van der Waals surface area (Å²) in [4.78, 5) is 17.0. The van der Waals surface area contributed by atoms with Gasteiger partial charge in [-0.15, -0.1) is 5.10 Å². The lowest BCUT2D eigenvalue weighted by atomic mass is 10.2. The third kappa shape index (κ3) is 4.68. The number of carbonyl (C=O) groups excluding carboxylic acids is 1. The maximum atomic E-state index is 13.1. The fourth-order valence-electron chi connectivity index (χ4n) is 3.53. The van der Waals surface area contributed by atoms with Gasteiger partial charge in [-0.3, -0.25) is 9.69 Å². The van der Waals surface area contributed by atoms with Crippen LogP contribution in [0.5, 0.6) is 0 Å². The molecule has 0 bridgehead atoms. The number of aromatic nitrogens is 3. The minimum absolute atomic E-state index is 0.0907. The summed E-state index contributed by atoms with van der Waals surface area (Å²) in [5.74, 6) is -0.313. The number of amides is 1. The van der Waals surface area contributed by atoms with Gasteiger partial charge in [0, 0.05) is 32.7 Å². The van der Waals surface area contributed by atoms with E-state index in [2.05, 4.69) is 15.2 Å². The molecular weight excluding hydrogens is 369 g/mol. The quantitative estimate of drug-likeness (QED) is 0.684. The van der Waals surface area contributed by atoms with Crippen LogP contribution in [0.25, 0.3) is 5.69 Å². The highest BCUT2D eigenvalue weighted by molar-refractivity contribution is 5.92. The summed E-state index contributed by atoms with van der Waals surface area (Å²) >= 11 is 0. The summed E-state index contributed by atoms with van der Waals surface area (Å²) in [7, 11) is 0. The molecule has 150 valence electrons. The second kappa shape index (κ2) is 8.53. The maximum Gasteiger partial charge on any atom is 0.276 e. The number of hydrogen-bond donors (Lipinski definition) is 0. The first-order valence-electron chi connectivity index (χ1n) is 9.84. The molecule has 0 atom stereocenters. The average Bonchev–Trinajstić information content (AvgIpc) is 3.10. The Balaban J connectivity index is 1.38. The Morgan fingerprint density at radius 1 is 1.00 bits per heavy atom. The Bertz CT molecular complexity index is 968. The van der Waals surface area contributed by atoms with Crippen molar-refractivity contribution < 1.29 is 9.18 Å². The summed E-state index contributed by atoms with van der Waals surface area (Å²) in [6, 6.07) is 14.5. The Morgan fingerprint density at radius 2 is 1.76 bits per heavy atom. The summed E-state index contributed by atoms with van der Waals surface area (Å²) in [5, 5.41) is 8.20. The fourth-order valence-corrected chi connectivity index (χ4v) is 3.53. The lowest BCUT2D eigenvalue weighted by molar-refractivity contribution is 0.0755. The van der Waals surface area contributed by atoms with Crippen LogP contribution >= 0.6 is 0 Å². The molecule has 2 aromatic carbocycles. The molecule has 1 amide bonds. The van der Waals surface area contributed by atoms with Gasteiger partial charge in [-0.1, -0.05) is 35.0 Å². The van der Waals surface area contributed by atoms with Crippen molar-refractivity contribution in [1.29, 1.82) is 0 Å². The van der Waals surface area contributed by atoms with Crippen LogP contribution in [-0.4, -0.2) is 56.9 Å².